The largest absolute Gasteiger partial charge is 0.396 e. The Labute approximate surface area is 87.0 Å². The van der Waals surface area contributed by atoms with Gasteiger partial charge in [-0.3, -0.25) is 4.79 Å². The molecule has 2 atom stereocenters. The predicted molar refractivity (Wildman–Crippen MR) is 54.7 cm³/mol. The molecule has 1 fully saturated rings. The van der Waals surface area contributed by atoms with Gasteiger partial charge in [0.15, 0.2) is 0 Å². The van der Waals surface area contributed by atoms with Gasteiger partial charge in [-0.05, 0) is 24.7 Å². The van der Waals surface area contributed by atoms with E-state index in [-0.39, 0.29) is 12.5 Å². The summed E-state index contributed by atoms with van der Waals surface area (Å²) in [4.78, 5) is 10.9. The number of halogens is 1. The van der Waals surface area contributed by atoms with Crippen molar-refractivity contribution in [3.8, 4) is 0 Å². The van der Waals surface area contributed by atoms with Crippen LogP contribution in [0.3, 0.4) is 0 Å². The number of carbonyl (C=O) groups is 1. The van der Waals surface area contributed by atoms with Crippen LogP contribution in [0.1, 0.15) is 19.3 Å². The van der Waals surface area contributed by atoms with Crippen molar-refractivity contribution < 1.29 is 9.90 Å². The van der Waals surface area contributed by atoms with Crippen LogP contribution in [0.15, 0.2) is 0 Å². The molecule has 0 heterocycles. The van der Waals surface area contributed by atoms with Gasteiger partial charge < -0.3 is 10.4 Å². The van der Waals surface area contributed by atoms with Crippen LogP contribution >= 0.6 is 15.9 Å². The molecule has 76 valence electrons. The van der Waals surface area contributed by atoms with E-state index in [1.165, 1.54) is 6.42 Å². The number of hydrogen-bond donors (Lipinski definition) is 2. The van der Waals surface area contributed by atoms with Crippen LogP contribution < -0.4 is 5.32 Å². The van der Waals surface area contributed by atoms with Crippen LogP contribution in [0.2, 0.25) is 0 Å². The van der Waals surface area contributed by atoms with Crippen LogP contribution in [0.4, 0.5) is 0 Å². The summed E-state index contributed by atoms with van der Waals surface area (Å²) in [5.74, 6) is 0.909. The van der Waals surface area contributed by atoms with Gasteiger partial charge in [-0.15, -0.1) is 0 Å². The third kappa shape index (κ3) is 3.27. The molecule has 0 bridgehead atoms. The molecular formula is C9H16BrNO2. The average molecular weight is 250 g/mol. The number of alkyl halides is 1. The molecule has 1 saturated carbocycles. The van der Waals surface area contributed by atoms with E-state index in [0.717, 1.165) is 19.4 Å². The first-order valence-electron chi connectivity index (χ1n) is 4.71. The predicted octanol–water partition coefficient (Wildman–Crippen LogP) is 0.906. The molecule has 0 radical (unpaired) electrons. The third-order valence-electron chi connectivity index (χ3n) is 2.73. The first-order valence-corrected chi connectivity index (χ1v) is 5.83. The van der Waals surface area contributed by atoms with Gasteiger partial charge in [0.25, 0.3) is 0 Å². The lowest BCUT2D eigenvalue weighted by molar-refractivity contribution is -0.118. The Morgan fingerprint density at radius 3 is 2.77 bits per heavy atom. The Morgan fingerprint density at radius 1 is 1.46 bits per heavy atom. The molecule has 13 heavy (non-hydrogen) atoms. The molecule has 2 unspecified atom stereocenters. The van der Waals surface area contributed by atoms with Crippen molar-refractivity contribution in [1.82, 2.24) is 5.32 Å². The summed E-state index contributed by atoms with van der Waals surface area (Å²) >= 11 is 3.10. The Balaban J connectivity index is 2.23. The highest BCUT2D eigenvalue weighted by atomic mass is 79.9. The molecule has 3 nitrogen and oxygen atoms in total. The number of amides is 1. The number of rotatable bonds is 4. The molecule has 1 rings (SSSR count). The van der Waals surface area contributed by atoms with Crippen LogP contribution in [0.5, 0.6) is 0 Å². The van der Waals surface area contributed by atoms with Crippen LogP contribution in [-0.4, -0.2) is 29.5 Å². The number of aliphatic hydroxyl groups excluding tert-OH is 1. The van der Waals surface area contributed by atoms with Gasteiger partial charge in [0.1, 0.15) is 0 Å². The summed E-state index contributed by atoms with van der Waals surface area (Å²) in [7, 11) is 0. The SMILES string of the molecule is O=C(CBr)NCC1CCCC1CO. The highest BCUT2D eigenvalue weighted by Crippen LogP contribution is 2.30. The Bertz CT molecular complexity index is 175. The molecule has 1 aliphatic carbocycles. The van der Waals surface area contributed by atoms with E-state index in [9.17, 15) is 4.79 Å². The van der Waals surface area contributed by atoms with Gasteiger partial charge >= 0.3 is 0 Å². The second-order valence-corrected chi connectivity index (χ2v) is 4.13. The summed E-state index contributed by atoms with van der Waals surface area (Å²) in [5.41, 5.74) is 0. The summed E-state index contributed by atoms with van der Waals surface area (Å²) in [6.07, 6.45) is 3.42. The van der Waals surface area contributed by atoms with Gasteiger partial charge in [-0.2, -0.15) is 0 Å². The molecule has 0 aromatic heterocycles. The van der Waals surface area contributed by atoms with Gasteiger partial charge in [0.05, 0.1) is 5.33 Å². The lowest BCUT2D eigenvalue weighted by atomic mass is 9.97. The van der Waals surface area contributed by atoms with E-state index in [4.69, 9.17) is 5.11 Å². The smallest absolute Gasteiger partial charge is 0.230 e. The fourth-order valence-corrected chi connectivity index (χ4v) is 2.11. The monoisotopic (exact) mass is 249 g/mol. The molecule has 4 heteroatoms. The standard InChI is InChI=1S/C9H16BrNO2/c10-4-9(13)11-5-7-2-1-3-8(7)6-12/h7-8,12H,1-6H2,(H,11,13). The fraction of sp³-hybridized carbons (Fsp3) is 0.889. The van der Waals surface area contributed by atoms with Crippen molar-refractivity contribution >= 4 is 21.8 Å². The summed E-state index contributed by atoms with van der Waals surface area (Å²) in [5, 5.41) is 12.2. The van der Waals surface area contributed by atoms with E-state index >= 15 is 0 Å². The normalized spacial score (nSPS) is 27.5. The minimum absolute atomic E-state index is 0.0311. The van der Waals surface area contributed by atoms with E-state index in [1.807, 2.05) is 0 Å². The van der Waals surface area contributed by atoms with Crippen molar-refractivity contribution in [3.63, 3.8) is 0 Å². The van der Waals surface area contributed by atoms with Crippen molar-refractivity contribution in [1.29, 1.82) is 0 Å². The van der Waals surface area contributed by atoms with Crippen LogP contribution in [0.25, 0.3) is 0 Å². The zero-order chi connectivity index (χ0) is 9.68. The molecule has 0 aromatic rings. The quantitative estimate of drug-likeness (QED) is 0.728. The maximum absolute atomic E-state index is 10.9. The molecule has 0 aliphatic heterocycles. The third-order valence-corrected chi connectivity index (χ3v) is 3.24. The molecular weight excluding hydrogens is 234 g/mol. The second kappa shape index (κ2) is 5.60. The number of nitrogens with one attached hydrogen (secondary N) is 1. The minimum atomic E-state index is 0.0311. The molecule has 1 aliphatic rings. The maximum Gasteiger partial charge on any atom is 0.230 e. The number of carbonyl (C=O) groups excluding carboxylic acids is 1. The molecule has 0 saturated heterocycles. The molecule has 0 aromatic carbocycles. The van der Waals surface area contributed by atoms with Gasteiger partial charge in [0, 0.05) is 13.2 Å². The van der Waals surface area contributed by atoms with Crippen molar-refractivity contribution in [3.05, 3.63) is 0 Å². The topological polar surface area (TPSA) is 49.3 Å². The summed E-state index contributed by atoms with van der Waals surface area (Å²) in [6.45, 7) is 0.977. The van der Waals surface area contributed by atoms with Crippen molar-refractivity contribution in [2.24, 2.45) is 11.8 Å². The highest BCUT2D eigenvalue weighted by Gasteiger charge is 2.26. The van der Waals surface area contributed by atoms with E-state index < -0.39 is 0 Å². The zero-order valence-electron chi connectivity index (χ0n) is 7.63. The van der Waals surface area contributed by atoms with E-state index in [2.05, 4.69) is 21.2 Å². The van der Waals surface area contributed by atoms with Crippen LogP contribution in [-0.2, 0) is 4.79 Å². The van der Waals surface area contributed by atoms with Crippen LogP contribution in [0, 0.1) is 11.8 Å². The zero-order valence-corrected chi connectivity index (χ0v) is 9.22. The maximum atomic E-state index is 10.9. The van der Waals surface area contributed by atoms with Crippen molar-refractivity contribution in [2.75, 3.05) is 18.5 Å². The van der Waals surface area contributed by atoms with Gasteiger partial charge in [0.2, 0.25) is 5.91 Å². The second-order valence-electron chi connectivity index (χ2n) is 3.57. The Kier molecular flexibility index (Phi) is 4.73. The first-order chi connectivity index (χ1) is 6.27. The average Bonchev–Trinajstić information content (AvgIpc) is 2.61. The Hall–Kier alpha value is -0.0900. The number of aliphatic hydroxyl groups is 1. The van der Waals surface area contributed by atoms with Gasteiger partial charge in [-0.25, -0.2) is 0 Å². The van der Waals surface area contributed by atoms with Gasteiger partial charge in [-0.1, -0.05) is 22.4 Å². The summed E-state index contributed by atoms with van der Waals surface area (Å²) in [6, 6.07) is 0. The minimum Gasteiger partial charge on any atom is -0.396 e. The fourth-order valence-electron chi connectivity index (χ4n) is 1.91. The molecule has 2 N–H and O–H groups in total. The highest BCUT2D eigenvalue weighted by molar-refractivity contribution is 9.09. The summed E-state index contributed by atoms with van der Waals surface area (Å²) < 4.78 is 0. The lowest BCUT2D eigenvalue weighted by Crippen LogP contribution is -2.32. The Morgan fingerprint density at radius 2 is 2.15 bits per heavy atom. The lowest BCUT2D eigenvalue weighted by Gasteiger charge is -2.17. The van der Waals surface area contributed by atoms with E-state index in [1.54, 1.807) is 0 Å². The number of hydrogen-bond acceptors (Lipinski definition) is 2. The van der Waals surface area contributed by atoms with Crippen molar-refractivity contribution in [2.45, 2.75) is 19.3 Å². The first kappa shape index (κ1) is 11.0. The molecule has 0 spiro atoms. The molecule has 1 amide bonds. The van der Waals surface area contributed by atoms with E-state index in [0.29, 0.717) is 17.2 Å².